The number of guanidine groups is 1. The lowest BCUT2D eigenvalue weighted by molar-refractivity contribution is 0.393. The minimum absolute atomic E-state index is 0. The molecule has 2 aliphatic rings. The largest absolute Gasteiger partial charge is 0.497 e. The number of aliphatic imine (C=N–C) groups is 1. The van der Waals surface area contributed by atoms with Crippen LogP contribution in [0.3, 0.4) is 0 Å². The molecule has 0 atom stereocenters. The molecule has 1 saturated heterocycles. The molecule has 2 N–H and O–H groups in total. The van der Waals surface area contributed by atoms with Gasteiger partial charge in [-0.1, -0.05) is 12.1 Å². The van der Waals surface area contributed by atoms with Crippen molar-refractivity contribution in [3.8, 4) is 11.5 Å². The molecule has 1 aliphatic carbocycles. The van der Waals surface area contributed by atoms with Gasteiger partial charge >= 0.3 is 0 Å². The summed E-state index contributed by atoms with van der Waals surface area (Å²) in [4.78, 5) is 6.80. The SMILES string of the molecule is CN=C(NCC1(c2ccc(F)cc2)CC1)NC1CCN(c2cc(OC)cc(OC)c2)CC1.I. The van der Waals surface area contributed by atoms with E-state index in [9.17, 15) is 4.39 Å². The van der Waals surface area contributed by atoms with Gasteiger partial charge in [-0.3, -0.25) is 4.99 Å². The van der Waals surface area contributed by atoms with Gasteiger partial charge in [0.25, 0.3) is 0 Å². The fourth-order valence-electron chi connectivity index (χ4n) is 4.42. The highest BCUT2D eigenvalue weighted by atomic mass is 127. The van der Waals surface area contributed by atoms with E-state index in [-0.39, 0.29) is 35.2 Å². The molecular weight excluding hydrogens is 534 g/mol. The minimum Gasteiger partial charge on any atom is -0.497 e. The summed E-state index contributed by atoms with van der Waals surface area (Å²) >= 11 is 0. The van der Waals surface area contributed by atoms with Crippen molar-refractivity contribution in [1.29, 1.82) is 0 Å². The molecular formula is C25H34FIN4O2. The number of rotatable bonds is 7. The highest BCUT2D eigenvalue weighted by Gasteiger charge is 2.44. The average molecular weight is 568 g/mol. The number of benzene rings is 2. The Labute approximate surface area is 213 Å². The monoisotopic (exact) mass is 568 g/mol. The lowest BCUT2D eigenvalue weighted by atomic mass is 9.96. The van der Waals surface area contributed by atoms with Gasteiger partial charge in [0.05, 0.1) is 14.2 Å². The number of piperidine rings is 1. The van der Waals surface area contributed by atoms with E-state index in [1.54, 1.807) is 26.4 Å². The first-order chi connectivity index (χ1) is 15.5. The third-order valence-electron chi connectivity index (χ3n) is 6.67. The van der Waals surface area contributed by atoms with Crippen LogP contribution in [0.4, 0.5) is 10.1 Å². The Hall–Kier alpha value is -2.23. The number of nitrogens with zero attached hydrogens (tertiary/aromatic N) is 2. The van der Waals surface area contributed by atoms with Crippen molar-refractivity contribution in [2.24, 2.45) is 4.99 Å². The number of anilines is 1. The molecule has 1 aliphatic heterocycles. The summed E-state index contributed by atoms with van der Waals surface area (Å²) in [7, 11) is 5.16. The number of nitrogens with one attached hydrogen (secondary N) is 2. The summed E-state index contributed by atoms with van der Waals surface area (Å²) in [6, 6.07) is 13.3. The second-order valence-corrected chi connectivity index (χ2v) is 8.69. The van der Waals surface area contributed by atoms with E-state index in [1.165, 1.54) is 5.56 Å². The van der Waals surface area contributed by atoms with Crippen molar-refractivity contribution >= 4 is 35.6 Å². The predicted octanol–water partition coefficient (Wildman–Crippen LogP) is 4.33. The topological polar surface area (TPSA) is 58.1 Å². The van der Waals surface area contributed by atoms with Gasteiger partial charge in [-0.05, 0) is 43.4 Å². The Bertz CT molecular complexity index is 920. The number of ether oxygens (including phenoxy) is 2. The van der Waals surface area contributed by atoms with Crippen LogP contribution >= 0.6 is 24.0 Å². The van der Waals surface area contributed by atoms with Crippen molar-refractivity contribution < 1.29 is 13.9 Å². The standard InChI is InChI=1S/C25H33FN4O2.HI/c1-27-24(28-17-25(10-11-25)18-4-6-19(26)7-5-18)29-20-8-12-30(13-9-20)21-14-22(31-2)16-23(15-21)32-3;/h4-7,14-16,20H,8-13,17H2,1-3H3,(H2,27,28,29);1H. The lowest BCUT2D eigenvalue weighted by Crippen LogP contribution is -2.50. The lowest BCUT2D eigenvalue weighted by Gasteiger charge is -2.35. The fourth-order valence-corrected chi connectivity index (χ4v) is 4.42. The molecule has 0 bridgehead atoms. The maximum atomic E-state index is 13.3. The summed E-state index contributed by atoms with van der Waals surface area (Å²) in [5.41, 5.74) is 2.42. The fraction of sp³-hybridized carbons (Fsp3) is 0.480. The summed E-state index contributed by atoms with van der Waals surface area (Å²) in [5, 5.41) is 7.09. The molecule has 2 fully saturated rings. The number of hydrogen-bond donors (Lipinski definition) is 2. The van der Waals surface area contributed by atoms with Crippen LogP contribution in [0.1, 0.15) is 31.2 Å². The second-order valence-electron chi connectivity index (χ2n) is 8.69. The van der Waals surface area contributed by atoms with Crippen LogP contribution < -0.4 is 25.0 Å². The van der Waals surface area contributed by atoms with Crippen molar-refractivity contribution in [2.75, 3.05) is 45.8 Å². The van der Waals surface area contributed by atoms with Gasteiger partial charge in [-0.2, -0.15) is 0 Å². The van der Waals surface area contributed by atoms with E-state index in [2.05, 4.69) is 32.7 Å². The number of hydrogen-bond acceptors (Lipinski definition) is 4. The van der Waals surface area contributed by atoms with Gasteiger partial charge in [0.15, 0.2) is 5.96 Å². The third kappa shape index (κ3) is 6.22. The van der Waals surface area contributed by atoms with E-state index in [0.717, 1.165) is 68.5 Å². The smallest absolute Gasteiger partial charge is 0.191 e. The van der Waals surface area contributed by atoms with Crippen LogP contribution in [0.2, 0.25) is 0 Å². The molecule has 2 aromatic carbocycles. The van der Waals surface area contributed by atoms with Crippen molar-refractivity contribution in [3.05, 3.63) is 53.8 Å². The highest BCUT2D eigenvalue weighted by molar-refractivity contribution is 14.0. The Morgan fingerprint density at radius 2 is 1.67 bits per heavy atom. The molecule has 6 nitrogen and oxygen atoms in total. The Morgan fingerprint density at radius 1 is 1.06 bits per heavy atom. The van der Waals surface area contributed by atoms with Gasteiger partial charge < -0.3 is 25.0 Å². The van der Waals surface area contributed by atoms with Gasteiger partial charge in [-0.25, -0.2) is 4.39 Å². The maximum absolute atomic E-state index is 13.3. The summed E-state index contributed by atoms with van der Waals surface area (Å²) < 4.78 is 24.1. The molecule has 0 amide bonds. The summed E-state index contributed by atoms with van der Waals surface area (Å²) in [6.45, 7) is 2.70. The zero-order valence-corrected chi connectivity index (χ0v) is 21.9. The summed E-state index contributed by atoms with van der Waals surface area (Å²) in [6.07, 6.45) is 4.27. The Morgan fingerprint density at radius 3 is 2.18 bits per heavy atom. The van der Waals surface area contributed by atoms with Crippen molar-refractivity contribution in [3.63, 3.8) is 0 Å². The van der Waals surface area contributed by atoms with Crippen LogP contribution in [-0.2, 0) is 5.41 Å². The minimum atomic E-state index is -0.186. The summed E-state index contributed by atoms with van der Waals surface area (Å²) in [5.74, 6) is 2.26. The normalized spacial score (nSPS) is 17.7. The first-order valence-corrected chi connectivity index (χ1v) is 11.3. The quantitative estimate of drug-likeness (QED) is 0.296. The molecule has 8 heteroatoms. The molecule has 1 heterocycles. The van der Waals surface area contributed by atoms with E-state index in [0.29, 0.717) is 6.04 Å². The molecule has 0 unspecified atom stereocenters. The Kier molecular flexibility index (Phi) is 8.67. The van der Waals surface area contributed by atoms with E-state index < -0.39 is 0 Å². The van der Waals surface area contributed by atoms with Gasteiger partial charge in [0, 0.05) is 62.0 Å². The number of methoxy groups -OCH3 is 2. The molecule has 0 radical (unpaired) electrons. The molecule has 0 spiro atoms. The van der Waals surface area contributed by atoms with Crippen LogP contribution in [-0.4, -0.2) is 52.9 Å². The van der Waals surface area contributed by atoms with Crippen LogP contribution in [0.25, 0.3) is 0 Å². The van der Waals surface area contributed by atoms with Crippen LogP contribution in [0.5, 0.6) is 11.5 Å². The Balaban J connectivity index is 0.00000306. The maximum Gasteiger partial charge on any atom is 0.191 e. The van der Waals surface area contributed by atoms with Crippen molar-refractivity contribution in [1.82, 2.24) is 10.6 Å². The zero-order chi connectivity index (χ0) is 22.6. The first-order valence-electron chi connectivity index (χ1n) is 11.3. The molecule has 180 valence electrons. The second kappa shape index (κ2) is 11.3. The molecule has 1 saturated carbocycles. The van der Waals surface area contributed by atoms with Gasteiger partial charge in [0.2, 0.25) is 0 Å². The van der Waals surface area contributed by atoms with Crippen molar-refractivity contribution in [2.45, 2.75) is 37.1 Å². The van der Waals surface area contributed by atoms with Gasteiger partial charge in [-0.15, -0.1) is 24.0 Å². The zero-order valence-electron chi connectivity index (χ0n) is 19.6. The van der Waals surface area contributed by atoms with Gasteiger partial charge in [0.1, 0.15) is 17.3 Å². The van der Waals surface area contributed by atoms with Crippen LogP contribution in [0, 0.1) is 5.82 Å². The highest BCUT2D eigenvalue weighted by Crippen LogP contribution is 2.47. The molecule has 0 aromatic heterocycles. The first kappa shape index (κ1) is 25.4. The van der Waals surface area contributed by atoms with E-state index >= 15 is 0 Å². The van der Waals surface area contributed by atoms with Crippen LogP contribution in [0.15, 0.2) is 47.5 Å². The van der Waals surface area contributed by atoms with E-state index in [1.807, 2.05) is 25.2 Å². The molecule has 33 heavy (non-hydrogen) atoms. The average Bonchev–Trinajstić information content (AvgIpc) is 3.63. The number of halogens is 2. The molecule has 2 aromatic rings. The van der Waals surface area contributed by atoms with E-state index in [4.69, 9.17) is 9.47 Å². The molecule has 4 rings (SSSR count). The predicted molar refractivity (Wildman–Crippen MR) is 142 cm³/mol. The third-order valence-corrected chi connectivity index (χ3v) is 6.67.